The van der Waals surface area contributed by atoms with Gasteiger partial charge in [0.15, 0.2) is 0 Å². The second kappa shape index (κ2) is 12.8. The van der Waals surface area contributed by atoms with Crippen LogP contribution >= 0.6 is 0 Å². The zero-order valence-electron chi connectivity index (χ0n) is 22.8. The molecule has 0 spiro atoms. The zero-order chi connectivity index (χ0) is 27.0. The summed E-state index contributed by atoms with van der Waals surface area (Å²) in [6, 6.07) is 32.5. The smallest absolute Gasteiger partial charge is 0.243 e. The molecule has 4 aromatic carbocycles. The van der Waals surface area contributed by atoms with Crippen LogP contribution in [0.5, 0.6) is 0 Å². The molecule has 1 N–H and O–H groups in total. The fourth-order valence-electron chi connectivity index (χ4n) is 5.71. The molecule has 2 amide bonds. The quantitative estimate of drug-likeness (QED) is 0.252. The molecule has 1 saturated carbocycles. The van der Waals surface area contributed by atoms with Crippen molar-refractivity contribution < 1.29 is 9.59 Å². The Bertz CT molecular complexity index is 1390. The van der Waals surface area contributed by atoms with Crippen LogP contribution in [0.3, 0.4) is 0 Å². The highest BCUT2D eigenvalue weighted by Gasteiger charge is 2.32. The summed E-state index contributed by atoms with van der Waals surface area (Å²) in [5, 5.41) is 5.65. The molecule has 0 bridgehead atoms. The van der Waals surface area contributed by atoms with E-state index in [0.29, 0.717) is 25.8 Å². The molecule has 4 nitrogen and oxygen atoms in total. The van der Waals surface area contributed by atoms with Crippen LogP contribution in [0.15, 0.2) is 97.1 Å². The summed E-state index contributed by atoms with van der Waals surface area (Å²) >= 11 is 0. The van der Waals surface area contributed by atoms with E-state index in [4.69, 9.17) is 0 Å². The first-order valence-corrected chi connectivity index (χ1v) is 14.2. The van der Waals surface area contributed by atoms with Gasteiger partial charge in [-0.05, 0) is 53.6 Å². The number of hydrogen-bond donors (Lipinski definition) is 1. The van der Waals surface area contributed by atoms with Crippen molar-refractivity contribution in [3.63, 3.8) is 0 Å². The highest BCUT2D eigenvalue weighted by Crippen LogP contribution is 2.23. The van der Waals surface area contributed by atoms with Crippen LogP contribution in [0.4, 0.5) is 0 Å². The van der Waals surface area contributed by atoms with Gasteiger partial charge in [0.25, 0.3) is 0 Å². The highest BCUT2D eigenvalue weighted by atomic mass is 16.2. The molecule has 0 heterocycles. The molecule has 4 aromatic rings. The molecule has 0 saturated heterocycles. The number of fused-ring (bicyclic) bond motifs is 1. The minimum atomic E-state index is -0.575. The first kappa shape index (κ1) is 26.7. The Balaban J connectivity index is 1.43. The van der Waals surface area contributed by atoms with E-state index in [1.54, 1.807) is 0 Å². The first-order chi connectivity index (χ1) is 19.1. The lowest BCUT2D eigenvalue weighted by atomic mass is 9.99. The summed E-state index contributed by atoms with van der Waals surface area (Å²) in [4.78, 5) is 29.7. The number of aryl methyl sites for hydroxylation is 2. The molecule has 4 heteroatoms. The third-order valence-corrected chi connectivity index (χ3v) is 7.93. The highest BCUT2D eigenvalue weighted by molar-refractivity contribution is 5.89. The molecule has 1 atom stereocenters. The summed E-state index contributed by atoms with van der Waals surface area (Å²) < 4.78 is 0. The normalized spacial score (nSPS) is 14.3. The van der Waals surface area contributed by atoms with Crippen molar-refractivity contribution in [3.05, 3.63) is 119 Å². The predicted octanol–water partition coefficient (Wildman–Crippen LogP) is 6.78. The molecule has 0 aliphatic heterocycles. The molecule has 1 unspecified atom stereocenters. The van der Waals surface area contributed by atoms with Gasteiger partial charge in [0.05, 0.1) is 0 Å². The topological polar surface area (TPSA) is 49.4 Å². The molecule has 5 rings (SSSR count). The Labute approximate surface area is 232 Å². The van der Waals surface area contributed by atoms with Crippen LogP contribution < -0.4 is 5.32 Å². The van der Waals surface area contributed by atoms with E-state index >= 15 is 0 Å². The van der Waals surface area contributed by atoms with Crippen LogP contribution in [0.1, 0.15) is 54.4 Å². The van der Waals surface area contributed by atoms with Crippen molar-refractivity contribution in [3.8, 4) is 0 Å². The van der Waals surface area contributed by atoms with E-state index in [-0.39, 0.29) is 17.9 Å². The largest absolute Gasteiger partial charge is 0.352 e. The van der Waals surface area contributed by atoms with E-state index in [2.05, 4.69) is 66.8 Å². The van der Waals surface area contributed by atoms with Crippen molar-refractivity contribution >= 4 is 22.6 Å². The predicted molar refractivity (Wildman–Crippen MR) is 158 cm³/mol. The second-order valence-electron chi connectivity index (χ2n) is 10.8. The minimum Gasteiger partial charge on any atom is -0.352 e. The Kier molecular flexibility index (Phi) is 8.72. The van der Waals surface area contributed by atoms with Gasteiger partial charge in [-0.1, -0.05) is 115 Å². The maximum Gasteiger partial charge on any atom is 0.243 e. The van der Waals surface area contributed by atoms with Crippen molar-refractivity contribution in [2.45, 2.75) is 70.5 Å². The van der Waals surface area contributed by atoms with E-state index in [1.807, 2.05) is 47.4 Å². The Morgan fingerprint density at radius 2 is 1.51 bits per heavy atom. The molecular weight excluding hydrogens is 480 g/mol. The van der Waals surface area contributed by atoms with Gasteiger partial charge in [0, 0.05) is 25.4 Å². The maximum atomic E-state index is 14.0. The van der Waals surface area contributed by atoms with Gasteiger partial charge in [-0.25, -0.2) is 0 Å². The Morgan fingerprint density at radius 1 is 0.821 bits per heavy atom. The van der Waals surface area contributed by atoms with Gasteiger partial charge in [-0.3, -0.25) is 9.59 Å². The number of nitrogens with one attached hydrogen (secondary N) is 1. The lowest BCUT2D eigenvalue weighted by Gasteiger charge is -2.32. The van der Waals surface area contributed by atoms with E-state index in [1.165, 1.54) is 16.3 Å². The fraction of sp³-hybridized carbons (Fsp3) is 0.314. The minimum absolute atomic E-state index is 0.00557. The molecule has 1 aliphatic carbocycles. The summed E-state index contributed by atoms with van der Waals surface area (Å²) in [7, 11) is 0. The second-order valence-corrected chi connectivity index (χ2v) is 10.8. The van der Waals surface area contributed by atoms with Crippen LogP contribution in [-0.2, 0) is 29.0 Å². The molecule has 200 valence electrons. The number of nitrogens with zero attached hydrogens (tertiary/aromatic N) is 1. The average molecular weight is 519 g/mol. The van der Waals surface area contributed by atoms with Crippen molar-refractivity contribution in [1.29, 1.82) is 0 Å². The van der Waals surface area contributed by atoms with Crippen LogP contribution in [0.25, 0.3) is 10.8 Å². The summed E-state index contributed by atoms with van der Waals surface area (Å²) in [6.07, 6.45) is 5.78. The number of rotatable bonds is 10. The summed E-state index contributed by atoms with van der Waals surface area (Å²) in [5.74, 6) is -0.0395. The van der Waals surface area contributed by atoms with Crippen LogP contribution in [-0.4, -0.2) is 28.8 Å². The molecular formula is C35H38N2O2. The molecule has 1 aliphatic rings. The molecule has 39 heavy (non-hydrogen) atoms. The third-order valence-electron chi connectivity index (χ3n) is 7.93. The number of carbonyl (C=O) groups excluding carboxylic acids is 2. The van der Waals surface area contributed by atoms with Crippen LogP contribution in [0.2, 0.25) is 0 Å². The van der Waals surface area contributed by atoms with Gasteiger partial charge in [-0.15, -0.1) is 0 Å². The molecule has 1 fully saturated rings. The van der Waals surface area contributed by atoms with Crippen molar-refractivity contribution in [2.24, 2.45) is 0 Å². The SMILES string of the molecule is Cc1ccc(CN(C(=O)CCc2cccc3ccccc23)C(Cc2ccccc2)C(=O)NC2CCCC2)cc1. The third kappa shape index (κ3) is 6.94. The maximum absolute atomic E-state index is 14.0. The number of carbonyl (C=O) groups is 2. The Hall–Kier alpha value is -3.92. The molecule has 0 radical (unpaired) electrons. The zero-order valence-corrected chi connectivity index (χ0v) is 22.8. The summed E-state index contributed by atoms with van der Waals surface area (Å²) in [5.41, 5.74) is 4.42. The average Bonchev–Trinajstić information content (AvgIpc) is 3.48. The lowest BCUT2D eigenvalue weighted by Crippen LogP contribution is -2.52. The van der Waals surface area contributed by atoms with Gasteiger partial charge in [0.2, 0.25) is 11.8 Å². The van der Waals surface area contributed by atoms with Crippen LogP contribution in [0, 0.1) is 6.92 Å². The van der Waals surface area contributed by atoms with Gasteiger partial charge < -0.3 is 10.2 Å². The number of benzene rings is 4. The van der Waals surface area contributed by atoms with E-state index < -0.39 is 6.04 Å². The van der Waals surface area contributed by atoms with E-state index in [0.717, 1.165) is 42.4 Å². The summed E-state index contributed by atoms with van der Waals surface area (Å²) in [6.45, 7) is 2.47. The molecule has 0 aromatic heterocycles. The first-order valence-electron chi connectivity index (χ1n) is 14.2. The Morgan fingerprint density at radius 3 is 2.28 bits per heavy atom. The number of amides is 2. The van der Waals surface area contributed by atoms with Gasteiger partial charge >= 0.3 is 0 Å². The monoisotopic (exact) mass is 518 g/mol. The van der Waals surface area contributed by atoms with Crippen molar-refractivity contribution in [1.82, 2.24) is 10.2 Å². The number of hydrogen-bond acceptors (Lipinski definition) is 2. The van der Waals surface area contributed by atoms with Crippen molar-refractivity contribution in [2.75, 3.05) is 0 Å². The fourth-order valence-corrected chi connectivity index (χ4v) is 5.71. The van der Waals surface area contributed by atoms with E-state index in [9.17, 15) is 9.59 Å². The van der Waals surface area contributed by atoms with Gasteiger partial charge in [0.1, 0.15) is 6.04 Å². The lowest BCUT2D eigenvalue weighted by molar-refractivity contribution is -0.141. The standard InChI is InChI=1S/C35H38N2O2/c1-26-18-20-28(21-19-26)25-37(34(38)23-22-30-14-9-13-29-12-5-8-17-32(29)30)33(24-27-10-3-2-4-11-27)35(39)36-31-15-6-7-16-31/h2-5,8-14,17-21,31,33H,6-7,15-16,22-25H2,1H3,(H,36,39). The van der Waals surface area contributed by atoms with Gasteiger partial charge in [-0.2, -0.15) is 0 Å².